The van der Waals surface area contributed by atoms with Crippen LogP contribution >= 0.6 is 0 Å². The first-order valence-corrected chi connectivity index (χ1v) is 11.1. The molecule has 10 heteroatoms. The van der Waals surface area contributed by atoms with Gasteiger partial charge in [0.1, 0.15) is 6.33 Å². The number of rotatable bonds is 5. The molecule has 28 heavy (non-hydrogen) atoms. The normalized spacial score (nSPS) is 21.6. The summed E-state index contributed by atoms with van der Waals surface area (Å²) in [6.07, 6.45) is 7.20. The van der Waals surface area contributed by atoms with Crippen molar-refractivity contribution in [1.29, 1.82) is 0 Å². The number of hydrogen-bond donors (Lipinski definition) is 1. The smallest absolute Gasteiger partial charge is 0.243 e. The fourth-order valence-electron chi connectivity index (χ4n) is 3.96. The van der Waals surface area contributed by atoms with Crippen molar-refractivity contribution in [2.75, 3.05) is 13.1 Å². The highest BCUT2D eigenvalue weighted by molar-refractivity contribution is 7.89. The molecule has 0 radical (unpaired) electrons. The SMILES string of the molecule is O=C(NC1CCCC1)[C@@H]1CCCN(S(=O)(=O)c2ccc(-n3cnnn3)cc2)C1. The minimum absolute atomic E-state index is 0.0131. The average molecular weight is 404 g/mol. The summed E-state index contributed by atoms with van der Waals surface area (Å²) in [6, 6.07) is 6.68. The number of piperidine rings is 1. The Hall–Kier alpha value is -2.33. The molecule has 1 aliphatic carbocycles. The first-order valence-electron chi connectivity index (χ1n) is 9.68. The third-order valence-corrected chi connectivity index (χ3v) is 7.42. The summed E-state index contributed by atoms with van der Waals surface area (Å²) in [5.74, 6) is -0.301. The predicted octanol–water partition coefficient (Wildman–Crippen LogP) is 1.12. The summed E-state index contributed by atoms with van der Waals surface area (Å²) in [5, 5.41) is 14.0. The van der Waals surface area contributed by atoms with Crippen LogP contribution in [-0.2, 0) is 14.8 Å². The largest absolute Gasteiger partial charge is 0.353 e. The highest BCUT2D eigenvalue weighted by atomic mass is 32.2. The van der Waals surface area contributed by atoms with Crippen molar-refractivity contribution in [3.05, 3.63) is 30.6 Å². The molecular formula is C18H24N6O3S. The van der Waals surface area contributed by atoms with E-state index in [0.717, 1.165) is 32.1 Å². The number of carbonyl (C=O) groups is 1. The maximum atomic E-state index is 13.0. The lowest BCUT2D eigenvalue weighted by Gasteiger charge is -2.31. The van der Waals surface area contributed by atoms with Crippen LogP contribution in [0.25, 0.3) is 5.69 Å². The molecule has 1 amide bonds. The molecule has 0 spiro atoms. The van der Waals surface area contributed by atoms with Gasteiger partial charge in [-0.1, -0.05) is 12.8 Å². The second-order valence-electron chi connectivity index (χ2n) is 7.44. The number of sulfonamides is 1. The van der Waals surface area contributed by atoms with Gasteiger partial charge in [0.15, 0.2) is 0 Å². The van der Waals surface area contributed by atoms with Crippen LogP contribution in [0.4, 0.5) is 0 Å². The van der Waals surface area contributed by atoms with Crippen LogP contribution in [0.2, 0.25) is 0 Å². The van der Waals surface area contributed by atoms with Gasteiger partial charge in [0.25, 0.3) is 0 Å². The van der Waals surface area contributed by atoms with E-state index in [-0.39, 0.29) is 29.3 Å². The van der Waals surface area contributed by atoms with Gasteiger partial charge in [-0.15, -0.1) is 5.10 Å². The minimum Gasteiger partial charge on any atom is -0.353 e. The van der Waals surface area contributed by atoms with E-state index in [9.17, 15) is 13.2 Å². The number of benzene rings is 1. The van der Waals surface area contributed by atoms with Crippen LogP contribution < -0.4 is 5.32 Å². The van der Waals surface area contributed by atoms with Crippen LogP contribution in [0.3, 0.4) is 0 Å². The van der Waals surface area contributed by atoms with E-state index in [1.54, 1.807) is 24.3 Å². The first kappa shape index (κ1) is 19.0. The first-order chi connectivity index (χ1) is 13.5. The lowest BCUT2D eigenvalue weighted by Crippen LogP contribution is -2.47. The Bertz CT molecular complexity index is 907. The van der Waals surface area contributed by atoms with Gasteiger partial charge in [-0.05, 0) is 60.4 Å². The molecule has 1 aromatic heterocycles. The van der Waals surface area contributed by atoms with Crippen molar-refractivity contribution in [3.8, 4) is 5.69 Å². The van der Waals surface area contributed by atoms with E-state index >= 15 is 0 Å². The molecule has 1 saturated carbocycles. The van der Waals surface area contributed by atoms with Crippen molar-refractivity contribution in [3.63, 3.8) is 0 Å². The summed E-state index contributed by atoms with van der Waals surface area (Å²) < 4.78 is 29.0. The summed E-state index contributed by atoms with van der Waals surface area (Å²) in [4.78, 5) is 12.8. The fourth-order valence-corrected chi connectivity index (χ4v) is 5.49. The van der Waals surface area contributed by atoms with E-state index in [2.05, 4.69) is 20.8 Å². The molecule has 1 atom stereocenters. The number of amides is 1. The van der Waals surface area contributed by atoms with Gasteiger partial charge in [-0.25, -0.2) is 13.1 Å². The molecule has 0 unspecified atom stereocenters. The van der Waals surface area contributed by atoms with E-state index in [1.807, 2.05) is 0 Å². The quantitative estimate of drug-likeness (QED) is 0.800. The molecule has 2 aliphatic rings. The summed E-state index contributed by atoms with van der Waals surface area (Å²) in [6.45, 7) is 0.667. The van der Waals surface area contributed by atoms with E-state index < -0.39 is 10.0 Å². The van der Waals surface area contributed by atoms with E-state index in [0.29, 0.717) is 18.7 Å². The van der Waals surface area contributed by atoms with Gasteiger partial charge in [0.2, 0.25) is 15.9 Å². The van der Waals surface area contributed by atoms with Crippen LogP contribution in [0.1, 0.15) is 38.5 Å². The molecule has 150 valence electrons. The third kappa shape index (κ3) is 3.93. The van der Waals surface area contributed by atoms with Gasteiger partial charge in [-0.3, -0.25) is 4.79 Å². The predicted molar refractivity (Wildman–Crippen MR) is 101 cm³/mol. The zero-order chi connectivity index (χ0) is 19.6. The van der Waals surface area contributed by atoms with Gasteiger partial charge < -0.3 is 5.32 Å². The zero-order valence-corrected chi connectivity index (χ0v) is 16.4. The number of tetrazole rings is 1. The Labute approximate surface area is 164 Å². The van der Waals surface area contributed by atoms with Crippen LogP contribution in [0, 0.1) is 5.92 Å². The Morgan fingerprint density at radius 3 is 2.50 bits per heavy atom. The van der Waals surface area contributed by atoms with E-state index in [4.69, 9.17) is 0 Å². The van der Waals surface area contributed by atoms with Crippen molar-refractivity contribution in [2.24, 2.45) is 5.92 Å². The van der Waals surface area contributed by atoms with Gasteiger partial charge >= 0.3 is 0 Å². The Morgan fingerprint density at radius 1 is 1.07 bits per heavy atom. The maximum absolute atomic E-state index is 13.0. The molecule has 1 saturated heterocycles. The Balaban J connectivity index is 1.45. The molecule has 4 rings (SSSR count). The molecule has 0 bridgehead atoms. The van der Waals surface area contributed by atoms with Crippen molar-refractivity contribution >= 4 is 15.9 Å². The van der Waals surface area contributed by atoms with Crippen LogP contribution in [0.15, 0.2) is 35.5 Å². The minimum atomic E-state index is -3.65. The number of carbonyl (C=O) groups excluding carboxylic acids is 1. The summed E-state index contributed by atoms with van der Waals surface area (Å²) >= 11 is 0. The molecule has 9 nitrogen and oxygen atoms in total. The van der Waals surface area contributed by atoms with E-state index in [1.165, 1.54) is 15.3 Å². The van der Waals surface area contributed by atoms with Crippen molar-refractivity contribution in [2.45, 2.75) is 49.5 Å². The summed E-state index contributed by atoms with van der Waals surface area (Å²) in [5.41, 5.74) is 0.677. The maximum Gasteiger partial charge on any atom is 0.243 e. The Kier molecular flexibility index (Phi) is 5.40. The molecule has 2 aromatic rings. The number of hydrogen-bond acceptors (Lipinski definition) is 6. The number of nitrogens with one attached hydrogen (secondary N) is 1. The molecular weight excluding hydrogens is 380 g/mol. The van der Waals surface area contributed by atoms with Crippen molar-refractivity contribution < 1.29 is 13.2 Å². The average Bonchev–Trinajstić information content (AvgIpc) is 3.42. The lowest BCUT2D eigenvalue weighted by molar-refractivity contribution is -0.126. The number of aromatic nitrogens is 4. The fraction of sp³-hybridized carbons (Fsp3) is 0.556. The molecule has 2 fully saturated rings. The molecule has 1 aromatic carbocycles. The second-order valence-corrected chi connectivity index (χ2v) is 9.38. The van der Waals surface area contributed by atoms with Gasteiger partial charge in [0, 0.05) is 19.1 Å². The van der Waals surface area contributed by atoms with Crippen molar-refractivity contribution in [1.82, 2.24) is 29.8 Å². The second kappa shape index (κ2) is 7.96. The summed E-state index contributed by atoms with van der Waals surface area (Å²) in [7, 11) is -3.65. The van der Waals surface area contributed by atoms with Crippen LogP contribution in [-0.4, -0.2) is 58.0 Å². The standard InChI is InChI=1S/C18H24N6O3S/c25-18(20-15-5-1-2-6-15)14-4-3-11-23(12-14)28(26,27)17-9-7-16(8-10-17)24-13-19-21-22-24/h7-10,13-15H,1-6,11-12H2,(H,20,25)/t14-/m1/s1. The third-order valence-electron chi connectivity index (χ3n) is 5.54. The molecule has 1 aliphatic heterocycles. The van der Waals surface area contributed by atoms with Gasteiger partial charge in [-0.2, -0.15) is 4.31 Å². The molecule has 2 heterocycles. The number of nitrogens with zero attached hydrogens (tertiary/aromatic N) is 5. The Morgan fingerprint density at radius 2 is 1.82 bits per heavy atom. The monoisotopic (exact) mass is 404 g/mol. The van der Waals surface area contributed by atoms with Gasteiger partial charge in [0.05, 0.1) is 16.5 Å². The lowest BCUT2D eigenvalue weighted by atomic mass is 9.98. The van der Waals surface area contributed by atoms with Crippen LogP contribution in [0.5, 0.6) is 0 Å². The highest BCUT2D eigenvalue weighted by Gasteiger charge is 2.34. The topological polar surface area (TPSA) is 110 Å². The molecule has 1 N–H and O–H groups in total. The zero-order valence-electron chi connectivity index (χ0n) is 15.6. The highest BCUT2D eigenvalue weighted by Crippen LogP contribution is 2.25.